The zero-order valence-electron chi connectivity index (χ0n) is 53.9. The highest BCUT2D eigenvalue weighted by Gasteiger charge is 2.16. The highest BCUT2D eigenvalue weighted by atomic mass is 16.6. The highest BCUT2D eigenvalue weighted by molar-refractivity contribution is 5.70. The summed E-state index contributed by atoms with van der Waals surface area (Å²) in [4.78, 5) is 24.7. The first-order chi connectivity index (χ1) is 39.1. The number of unbranched alkanes of at least 4 members (excludes halogenated alkanes) is 57. The molecule has 1 N–H and O–H groups in total. The largest absolute Gasteiger partial charge is 0.462 e. The van der Waals surface area contributed by atoms with E-state index in [0.717, 1.165) is 38.5 Å². The molecule has 0 amide bonds. The van der Waals surface area contributed by atoms with E-state index in [4.69, 9.17) is 9.47 Å². The summed E-state index contributed by atoms with van der Waals surface area (Å²) in [7, 11) is 0. The van der Waals surface area contributed by atoms with E-state index in [0.29, 0.717) is 12.8 Å². The number of rotatable bonds is 69. The Morgan fingerprint density at radius 2 is 0.506 bits per heavy atom. The number of hydrogen-bond acceptors (Lipinski definition) is 5. The van der Waals surface area contributed by atoms with E-state index in [-0.39, 0.29) is 25.2 Å². The first kappa shape index (κ1) is 77.4. The molecule has 0 rings (SSSR count). The predicted octanol–water partition coefficient (Wildman–Crippen LogP) is 25.2. The lowest BCUT2D eigenvalue weighted by atomic mass is 10.0. The Morgan fingerprint density at radius 3 is 0.747 bits per heavy atom. The minimum atomic E-state index is -0.770. The standard InChI is InChI=1S/C74H142O5/c1-3-5-7-9-11-13-15-17-19-21-23-25-27-29-31-32-33-34-35-36-37-38-39-40-41-43-44-46-48-50-52-54-56-58-60-62-64-66-68-73(76)78-71-72(70-75)79-74(77)69-67-65-63-61-59-57-55-53-51-49-47-45-42-30-28-26-24-22-20-18-16-14-12-10-8-6-4-2/h16,18,22,24,72,75H,3-15,17,19-21,23,25-71H2,1-2H3/b18-16-,24-22-. The van der Waals surface area contributed by atoms with Crippen molar-refractivity contribution >= 4 is 11.9 Å². The molecule has 0 fully saturated rings. The first-order valence-corrected chi connectivity index (χ1v) is 36.4. The summed E-state index contributed by atoms with van der Waals surface area (Å²) in [5.41, 5.74) is 0. The van der Waals surface area contributed by atoms with Crippen LogP contribution in [0, 0.1) is 0 Å². The summed E-state index contributed by atoms with van der Waals surface area (Å²) in [6, 6.07) is 0. The molecule has 0 saturated heterocycles. The second-order valence-electron chi connectivity index (χ2n) is 25.0. The third-order valence-corrected chi connectivity index (χ3v) is 17.0. The molecule has 0 spiro atoms. The van der Waals surface area contributed by atoms with Gasteiger partial charge in [0.1, 0.15) is 6.61 Å². The maximum atomic E-state index is 12.4. The fourth-order valence-electron chi connectivity index (χ4n) is 11.5. The topological polar surface area (TPSA) is 72.8 Å². The van der Waals surface area contributed by atoms with Crippen LogP contribution in [0.4, 0.5) is 0 Å². The Hall–Kier alpha value is -1.62. The average Bonchev–Trinajstić information content (AvgIpc) is 3.45. The minimum Gasteiger partial charge on any atom is -0.462 e. The second-order valence-corrected chi connectivity index (χ2v) is 25.0. The maximum Gasteiger partial charge on any atom is 0.306 e. The number of aliphatic hydroxyl groups excluding tert-OH is 1. The van der Waals surface area contributed by atoms with E-state index in [1.54, 1.807) is 0 Å². The molecule has 1 unspecified atom stereocenters. The molecule has 1 atom stereocenters. The van der Waals surface area contributed by atoms with Crippen molar-refractivity contribution < 1.29 is 24.2 Å². The number of allylic oxidation sites excluding steroid dienone is 4. The van der Waals surface area contributed by atoms with Crippen molar-refractivity contribution in [3.63, 3.8) is 0 Å². The van der Waals surface area contributed by atoms with Gasteiger partial charge in [0, 0.05) is 12.8 Å². The van der Waals surface area contributed by atoms with Gasteiger partial charge in [0.05, 0.1) is 6.61 Å². The molecule has 0 aromatic heterocycles. The van der Waals surface area contributed by atoms with Gasteiger partial charge < -0.3 is 14.6 Å². The quantitative estimate of drug-likeness (QED) is 0.0373. The van der Waals surface area contributed by atoms with Crippen LogP contribution in [0.5, 0.6) is 0 Å². The monoisotopic (exact) mass is 1110 g/mol. The molecule has 0 aromatic rings. The van der Waals surface area contributed by atoms with Crippen molar-refractivity contribution in [2.75, 3.05) is 13.2 Å². The number of hydrogen-bond donors (Lipinski definition) is 1. The van der Waals surface area contributed by atoms with Gasteiger partial charge in [0.25, 0.3) is 0 Å². The van der Waals surface area contributed by atoms with Gasteiger partial charge in [0.2, 0.25) is 0 Å². The molecule has 0 heterocycles. The van der Waals surface area contributed by atoms with Gasteiger partial charge in [-0.2, -0.15) is 0 Å². The van der Waals surface area contributed by atoms with E-state index in [1.165, 1.54) is 353 Å². The SMILES string of the molecule is CCCCCCC/C=C\C/C=C\CCCCCCCCCCCCCCCCCC(=O)OC(CO)COC(=O)CCCCCCCCCCCCCCCCCCCCCCCCCCCCCCCCCCCCCCCC. The third-order valence-electron chi connectivity index (χ3n) is 17.0. The predicted molar refractivity (Wildman–Crippen MR) is 348 cm³/mol. The fraction of sp³-hybridized carbons (Fsp3) is 0.919. The zero-order chi connectivity index (χ0) is 56.9. The van der Waals surface area contributed by atoms with Crippen LogP contribution < -0.4 is 0 Å². The van der Waals surface area contributed by atoms with Crippen LogP contribution in [0.3, 0.4) is 0 Å². The smallest absolute Gasteiger partial charge is 0.306 e. The Bertz CT molecular complexity index is 1210. The molecular formula is C74H142O5. The van der Waals surface area contributed by atoms with Gasteiger partial charge in [-0.15, -0.1) is 0 Å². The Balaban J connectivity index is 3.36. The van der Waals surface area contributed by atoms with Crippen LogP contribution in [-0.4, -0.2) is 36.4 Å². The van der Waals surface area contributed by atoms with Gasteiger partial charge >= 0.3 is 11.9 Å². The molecule has 0 aromatic carbocycles. The van der Waals surface area contributed by atoms with Crippen molar-refractivity contribution in [2.45, 2.75) is 424 Å². The average molecular weight is 1110 g/mol. The van der Waals surface area contributed by atoms with Crippen LogP contribution >= 0.6 is 0 Å². The number of carbonyl (C=O) groups is 2. The van der Waals surface area contributed by atoms with Crippen molar-refractivity contribution in [2.24, 2.45) is 0 Å². The molecule has 0 aliphatic carbocycles. The van der Waals surface area contributed by atoms with Crippen LogP contribution in [0.2, 0.25) is 0 Å². The van der Waals surface area contributed by atoms with E-state index in [2.05, 4.69) is 38.2 Å². The van der Waals surface area contributed by atoms with Crippen molar-refractivity contribution in [1.82, 2.24) is 0 Å². The van der Waals surface area contributed by atoms with Crippen molar-refractivity contribution in [3.05, 3.63) is 24.3 Å². The summed E-state index contributed by atoms with van der Waals surface area (Å²) in [6.07, 6.45) is 92.4. The van der Waals surface area contributed by atoms with Crippen LogP contribution in [0.15, 0.2) is 24.3 Å². The van der Waals surface area contributed by atoms with E-state index >= 15 is 0 Å². The molecule has 0 bridgehead atoms. The first-order valence-electron chi connectivity index (χ1n) is 36.4. The van der Waals surface area contributed by atoms with Gasteiger partial charge in [0.15, 0.2) is 6.10 Å². The van der Waals surface area contributed by atoms with E-state index in [1.807, 2.05) is 0 Å². The van der Waals surface area contributed by atoms with Crippen molar-refractivity contribution in [1.29, 1.82) is 0 Å². The Morgan fingerprint density at radius 1 is 0.291 bits per heavy atom. The number of aliphatic hydroxyl groups is 1. The van der Waals surface area contributed by atoms with Gasteiger partial charge in [-0.25, -0.2) is 0 Å². The normalized spacial score (nSPS) is 12.2. The highest BCUT2D eigenvalue weighted by Crippen LogP contribution is 2.20. The summed E-state index contributed by atoms with van der Waals surface area (Å²) in [6.45, 7) is 4.20. The van der Waals surface area contributed by atoms with E-state index in [9.17, 15) is 14.7 Å². The van der Waals surface area contributed by atoms with Gasteiger partial charge in [-0.3, -0.25) is 9.59 Å². The summed E-state index contributed by atoms with van der Waals surface area (Å²) in [5.74, 6) is -0.565. The van der Waals surface area contributed by atoms with Crippen LogP contribution in [0.1, 0.15) is 418 Å². The van der Waals surface area contributed by atoms with Crippen LogP contribution in [0.25, 0.3) is 0 Å². The molecule has 5 nitrogen and oxygen atoms in total. The minimum absolute atomic E-state index is 0.0587. The van der Waals surface area contributed by atoms with Crippen molar-refractivity contribution in [3.8, 4) is 0 Å². The number of esters is 2. The molecule has 79 heavy (non-hydrogen) atoms. The molecule has 0 saturated carbocycles. The van der Waals surface area contributed by atoms with E-state index < -0.39 is 6.10 Å². The second kappa shape index (κ2) is 70.6. The molecular weight excluding hydrogens is 969 g/mol. The lowest BCUT2D eigenvalue weighted by Gasteiger charge is -2.15. The molecule has 0 radical (unpaired) electrons. The summed E-state index contributed by atoms with van der Waals surface area (Å²) in [5, 5.41) is 9.70. The van der Waals surface area contributed by atoms with Crippen LogP contribution in [-0.2, 0) is 19.1 Å². The lowest BCUT2D eigenvalue weighted by molar-refractivity contribution is -0.161. The molecule has 5 heteroatoms. The maximum absolute atomic E-state index is 12.4. The number of carbonyl (C=O) groups excluding carboxylic acids is 2. The zero-order valence-corrected chi connectivity index (χ0v) is 53.9. The lowest BCUT2D eigenvalue weighted by Crippen LogP contribution is -2.28. The third kappa shape index (κ3) is 68.8. The Labute approximate surface area is 495 Å². The molecule has 0 aliphatic heterocycles. The molecule has 468 valence electrons. The molecule has 0 aliphatic rings. The summed E-state index contributed by atoms with van der Waals surface area (Å²) < 4.78 is 10.8. The Kier molecular flexibility index (Phi) is 69.2. The number of ether oxygens (including phenoxy) is 2. The fourth-order valence-corrected chi connectivity index (χ4v) is 11.5. The summed E-state index contributed by atoms with van der Waals surface area (Å²) >= 11 is 0. The van der Waals surface area contributed by atoms with Gasteiger partial charge in [-0.05, 0) is 44.9 Å². The van der Waals surface area contributed by atoms with Gasteiger partial charge in [-0.1, -0.05) is 385 Å².